The Balaban J connectivity index is 2.43. The van der Waals surface area contributed by atoms with Crippen LogP contribution in [0.5, 0.6) is 0 Å². The smallest absolute Gasteiger partial charge is 0.352 e. The first-order valence-electron chi connectivity index (χ1n) is 7.07. The summed E-state index contributed by atoms with van der Waals surface area (Å²) in [5.74, 6) is -0.991. The van der Waals surface area contributed by atoms with Gasteiger partial charge in [0.05, 0.1) is 0 Å². The first-order chi connectivity index (χ1) is 10.4. The van der Waals surface area contributed by atoms with E-state index in [4.69, 9.17) is 4.74 Å². The summed E-state index contributed by atoms with van der Waals surface area (Å²) in [4.78, 5) is 25.9. The lowest BCUT2D eigenvalue weighted by molar-refractivity contribution is -0.124. The van der Waals surface area contributed by atoms with Crippen molar-refractivity contribution in [2.75, 3.05) is 13.7 Å². The lowest BCUT2D eigenvalue weighted by Crippen LogP contribution is -2.27. The number of carbonyl (C=O) groups excluding carboxylic acids is 1. The van der Waals surface area contributed by atoms with Crippen LogP contribution in [0, 0.1) is 0 Å². The molecule has 0 bridgehead atoms. The van der Waals surface area contributed by atoms with Gasteiger partial charge in [0, 0.05) is 30.1 Å². The molecular weight excluding hydrogens is 284 g/mol. The zero-order valence-corrected chi connectivity index (χ0v) is 12.9. The third kappa shape index (κ3) is 3.28. The molecule has 0 spiro atoms. The number of fused-ring (bicyclic) bond motifs is 1. The second-order valence-electron chi connectivity index (χ2n) is 5.45. The highest BCUT2D eigenvalue weighted by atomic mass is 16.5. The third-order valence-electron chi connectivity index (χ3n) is 3.55. The lowest BCUT2D eigenvalue weighted by atomic mass is 10.00. The summed E-state index contributed by atoms with van der Waals surface area (Å²) in [6.45, 7) is 4.24. The van der Waals surface area contributed by atoms with Crippen LogP contribution in [0.1, 0.15) is 41.4 Å². The van der Waals surface area contributed by atoms with Gasteiger partial charge in [-0.25, -0.2) is 4.79 Å². The molecule has 1 heterocycles. The Labute approximate surface area is 128 Å². The van der Waals surface area contributed by atoms with Crippen molar-refractivity contribution in [1.29, 1.82) is 0 Å². The molecule has 0 fully saturated rings. The lowest BCUT2D eigenvalue weighted by Gasteiger charge is -2.07. The monoisotopic (exact) mass is 304 g/mol. The molecule has 6 heteroatoms. The van der Waals surface area contributed by atoms with Crippen LogP contribution in [0.3, 0.4) is 0 Å². The fourth-order valence-electron chi connectivity index (χ4n) is 2.36. The van der Waals surface area contributed by atoms with Crippen molar-refractivity contribution < 1.29 is 19.4 Å². The van der Waals surface area contributed by atoms with E-state index in [9.17, 15) is 14.7 Å². The van der Waals surface area contributed by atoms with Crippen LogP contribution in [-0.2, 0) is 16.1 Å². The summed E-state index contributed by atoms with van der Waals surface area (Å²) in [6.07, 6.45) is 0. The average molecular weight is 304 g/mol. The number of aromatic amines is 1. The highest BCUT2D eigenvalue weighted by Gasteiger charge is 2.18. The van der Waals surface area contributed by atoms with Gasteiger partial charge in [0.1, 0.15) is 12.3 Å². The number of amides is 1. The van der Waals surface area contributed by atoms with Gasteiger partial charge in [0.15, 0.2) is 0 Å². The molecule has 1 aromatic heterocycles. The number of H-pyrrole nitrogens is 1. The predicted molar refractivity (Wildman–Crippen MR) is 83.1 cm³/mol. The van der Waals surface area contributed by atoms with Gasteiger partial charge in [-0.2, -0.15) is 0 Å². The van der Waals surface area contributed by atoms with E-state index >= 15 is 0 Å². The summed E-state index contributed by atoms with van der Waals surface area (Å²) >= 11 is 0. The summed E-state index contributed by atoms with van der Waals surface area (Å²) in [7, 11) is 1.43. The molecule has 3 N–H and O–H groups in total. The molecule has 0 aliphatic heterocycles. The van der Waals surface area contributed by atoms with Crippen LogP contribution in [0.2, 0.25) is 0 Å². The molecule has 22 heavy (non-hydrogen) atoms. The minimum atomic E-state index is -1.04. The van der Waals surface area contributed by atoms with E-state index in [0.29, 0.717) is 11.5 Å². The minimum absolute atomic E-state index is 0.0536. The SMILES string of the molecule is COCC(=O)NCc1c(C(=O)O)[nH]c2ccc(C(C)C)cc12. The summed E-state index contributed by atoms with van der Waals surface area (Å²) in [6, 6.07) is 5.82. The molecular formula is C16H20N2O4. The number of aromatic nitrogens is 1. The molecule has 6 nitrogen and oxygen atoms in total. The van der Waals surface area contributed by atoms with Crippen molar-refractivity contribution >= 4 is 22.8 Å². The Kier molecular flexibility index (Phi) is 4.82. The van der Waals surface area contributed by atoms with Gasteiger partial charge in [0.25, 0.3) is 0 Å². The van der Waals surface area contributed by atoms with Crippen molar-refractivity contribution in [2.45, 2.75) is 26.3 Å². The van der Waals surface area contributed by atoms with Gasteiger partial charge < -0.3 is 20.1 Å². The van der Waals surface area contributed by atoms with E-state index in [2.05, 4.69) is 24.1 Å². The van der Waals surface area contributed by atoms with E-state index in [1.54, 1.807) is 0 Å². The van der Waals surface area contributed by atoms with Crippen molar-refractivity contribution in [3.63, 3.8) is 0 Å². The number of carboxylic acids is 1. The summed E-state index contributed by atoms with van der Waals surface area (Å²) in [5, 5.41) is 12.8. The first kappa shape index (κ1) is 16.0. The van der Waals surface area contributed by atoms with Gasteiger partial charge in [0.2, 0.25) is 5.91 Å². The number of hydrogen-bond acceptors (Lipinski definition) is 3. The number of nitrogens with one attached hydrogen (secondary N) is 2. The second kappa shape index (κ2) is 6.62. The molecule has 1 aromatic carbocycles. The Hall–Kier alpha value is -2.34. The highest BCUT2D eigenvalue weighted by molar-refractivity contribution is 5.98. The topological polar surface area (TPSA) is 91.4 Å². The third-order valence-corrected chi connectivity index (χ3v) is 3.55. The molecule has 118 valence electrons. The zero-order valence-electron chi connectivity index (χ0n) is 12.9. The molecule has 0 unspecified atom stereocenters. The Morgan fingerprint density at radius 3 is 2.68 bits per heavy atom. The molecule has 0 aliphatic rings. The molecule has 1 amide bonds. The standard InChI is InChI=1S/C16H20N2O4/c1-9(2)10-4-5-13-11(6-10)12(15(18-13)16(20)21)7-17-14(19)8-22-3/h4-6,9,18H,7-8H2,1-3H3,(H,17,19)(H,20,21). The van der Waals surface area contributed by atoms with Crippen molar-refractivity contribution in [1.82, 2.24) is 10.3 Å². The number of methoxy groups -OCH3 is 1. The zero-order chi connectivity index (χ0) is 16.3. The van der Waals surface area contributed by atoms with Gasteiger partial charge >= 0.3 is 5.97 Å². The molecule has 2 aromatic rings. The van der Waals surface area contributed by atoms with Gasteiger partial charge in [-0.15, -0.1) is 0 Å². The van der Waals surface area contributed by atoms with Crippen LogP contribution in [-0.4, -0.2) is 35.7 Å². The largest absolute Gasteiger partial charge is 0.477 e. The van der Waals surface area contributed by atoms with E-state index in [0.717, 1.165) is 16.5 Å². The molecule has 0 radical (unpaired) electrons. The summed E-state index contributed by atoms with van der Waals surface area (Å²) in [5.41, 5.74) is 2.55. The second-order valence-corrected chi connectivity index (χ2v) is 5.45. The predicted octanol–water partition coefficient (Wildman–Crippen LogP) is 2.25. The van der Waals surface area contributed by atoms with Crippen LogP contribution in [0.15, 0.2) is 18.2 Å². The van der Waals surface area contributed by atoms with Crippen molar-refractivity contribution in [2.24, 2.45) is 0 Å². The van der Waals surface area contributed by atoms with Crippen LogP contribution >= 0.6 is 0 Å². The maximum atomic E-state index is 11.5. The van der Waals surface area contributed by atoms with Gasteiger partial charge in [-0.1, -0.05) is 19.9 Å². The number of ether oxygens (including phenoxy) is 1. The van der Waals surface area contributed by atoms with Crippen molar-refractivity contribution in [3.05, 3.63) is 35.0 Å². The van der Waals surface area contributed by atoms with Gasteiger partial charge in [-0.05, 0) is 23.6 Å². The molecule has 2 rings (SSSR count). The van der Waals surface area contributed by atoms with Crippen molar-refractivity contribution in [3.8, 4) is 0 Å². The fraction of sp³-hybridized carbons (Fsp3) is 0.375. The Bertz CT molecular complexity index is 703. The molecule has 0 saturated carbocycles. The Morgan fingerprint density at radius 2 is 2.09 bits per heavy atom. The molecule has 0 atom stereocenters. The van der Waals surface area contributed by atoms with Crippen LogP contribution in [0.25, 0.3) is 10.9 Å². The van der Waals surface area contributed by atoms with Gasteiger partial charge in [-0.3, -0.25) is 4.79 Å². The first-order valence-corrected chi connectivity index (χ1v) is 7.07. The van der Waals surface area contributed by atoms with E-state index < -0.39 is 5.97 Å². The number of rotatable bonds is 6. The van der Waals surface area contributed by atoms with Crippen LogP contribution < -0.4 is 5.32 Å². The highest BCUT2D eigenvalue weighted by Crippen LogP contribution is 2.26. The summed E-state index contributed by atoms with van der Waals surface area (Å²) < 4.78 is 4.75. The average Bonchev–Trinajstić information content (AvgIpc) is 2.83. The molecule has 0 aliphatic carbocycles. The number of benzene rings is 1. The maximum Gasteiger partial charge on any atom is 0.352 e. The van der Waals surface area contributed by atoms with E-state index in [-0.39, 0.29) is 24.8 Å². The maximum absolute atomic E-state index is 11.5. The minimum Gasteiger partial charge on any atom is -0.477 e. The quantitative estimate of drug-likeness (QED) is 0.763. The number of aromatic carboxylic acids is 1. The fourth-order valence-corrected chi connectivity index (χ4v) is 2.36. The Morgan fingerprint density at radius 1 is 1.36 bits per heavy atom. The van der Waals surface area contributed by atoms with E-state index in [1.807, 2.05) is 18.2 Å². The van der Waals surface area contributed by atoms with E-state index in [1.165, 1.54) is 7.11 Å². The normalized spacial score (nSPS) is 11.1. The molecule has 0 saturated heterocycles. The number of carbonyl (C=O) groups is 2. The number of hydrogen-bond donors (Lipinski definition) is 3. The number of carboxylic acid groups (broad SMARTS) is 1. The van der Waals surface area contributed by atoms with Crippen LogP contribution in [0.4, 0.5) is 0 Å².